The lowest BCUT2D eigenvalue weighted by molar-refractivity contribution is -0.121. The number of amides is 1. The molecule has 0 atom stereocenters. The summed E-state index contributed by atoms with van der Waals surface area (Å²) in [6.07, 6.45) is 1.77. The molecule has 92 valence electrons. The van der Waals surface area contributed by atoms with Crippen molar-refractivity contribution in [1.29, 1.82) is 0 Å². The van der Waals surface area contributed by atoms with Crippen molar-refractivity contribution in [3.63, 3.8) is 0 Å². The van der Waals surface area contributed by atoms with E-state index in [-0.39, 0.29) is 28.8 Å². The number of halogens is 1. The molecule has 1 aromatic rings. The van der Waals surface area contributed by atoms with Crippen molar-refractivity contribution in [3.8, 4) is 0 Å². The number of ketones is 2. The number of carbonyl (C=O) groups excluding carboxylic acids is 3. The molecule has 0 N–H and O–H groups in total. The molecule has 2 aliphatic rings. The Bertz CT molecular complexity index is 578. The third-order valence-corrected chi connectivity index (χ3v) is 3.61. The second-order valence-corrected chi connectivity index (χ2v) is 5.00. The predicted molar refractivity (Wildman–Crippen MR) is 65.9 cm³/mol. The maximum absolute atomic E-state index is 11.9. The van der Waals surface area contributed by atoms with Gasteiger partial charge in [-0.05, 0) is 25.0 Å². The van der Waals surface area contributed by atoms with Gasteiger partial charge in [0.05, 0.1) is 22.8 Å². The van der Waals surface area contributed by atoms with Gasteiger partial charge in [-0.2, -0.15) is 0 Å². The molecule has 5 heteroatoms. The Morgan fingerprint density at radius 1 is 1.33 bits per heavy atom. The topological polar surface area (TPSA) is 54.5 Å². The summed E-state index contributed by atoms with van der Waals surface area (Å²) in [5.41, 5.74) is 0.666. The number of hydrogen-bond donors (Lipinski definition) is 0. The molecule has 0 unspecified atom stereocenters. The molecule has 1 saturated carbocycles. The largest absolute Gasteiger partial charge is 0.299 e. The lowest BCUT2D eigenvalue weighted by Gasteiger charge is -2.15. The van der Waals surface area contributed by atoms with Gasteiger partial charge >= 0.3 is 0 Å². The SMILES string of the molecule is O=C1C(=O)N(CC(=O)C2CC2)c2cccc(Cl)c21. The summed E-state index contributed by atoms with van der Waals surface area (Å²) in [4.78, 5) is 36.7. The van der Waals surface area contributed by atoms with Crippen LogP contribution >= 0.6 is 11.6 Å². The van der Waals surface area contributed by atoms with Crippen LogP contribution in [-0.4, -0.2) is 24.0 Å². The number of rotatable bonds is 3. The molecule has 1 amide bonds. The third kappa shape index (κ3) is 1.64. The first-order chi connectivity index (χ1) is 8.59. The van der Waals surface area contributed by atoms with Crippen LogP contribution in [0, 0.1) is 5.92 Å². The number of hydrogen-bond acceptors (Lipinski definition) is 3. The Kier molecular flexibility index (Phi) is 2.48. The van der Waals surface area contributed by atoms with E-state index in [1.807, 2.05) is 0 Å². The van der Waals surface area contributed by atoms with E-state index in [4.69, 9.17) is 11.6 Å². The van der Waals surface area contributed by atoms with E-state index in [2.05, 4.69) is 0 Å². The van der Waals surface area contributed by atoms with E-state index >= 15 is 0 Å². The van der Waals surface area contributed by atoms with Crippen molar-refractivity contribution in [1.82, 2.24) is 0 Å². The minimum absolute atomic E-state index is 0.0176. The number of carbonyl (C=O) groups is 3. The molecule has 1 heterocycles. The van der Waals surface area contributed by atoms with Crippen molar-refractivity contribution in [2.45, 2.75) is 12.8 Å². The van der Waals surface area contributed by atoms with Crippen molar-refractivity contribution in [2.24, 2.45) is 5.92 Å². The Hall–Kier alpha value is -1.68. The van der Waals surface area contributed by atoms with E-state index in [0.717, 1.165) is 12.8 Å². The molecule has 18 heavy (non-hydrogen) atoms. The molecule has 0 bridgehead atoms. The molecule has 1 fully saturated rings. The van der Waals surface area contributed by atoms with Gasteiger partial charge in [0.15, 0.2) is 5.78 Å². The zero-order valence-corrected chi connectivity index (χ0v) is 10.2. The Morgan fingerprint density at radius 2 is 2.06 bits per heavy atom. The fourth-order valence-electron chi connectivity index (χ4n) is 2.15. The first-order valence-corrected chi connectivity index (χ1v) is 6.15. The van der Waals surface area contributed by atoms with Gasteiger partial charge in [-0.25, -0.2) is 0 Å². The highest BCUT2D eigenvalue weighted by molar-refractivity contribution is 6.55. The average molecular weight is 264 g/mol. The van der Waals surface area contributed by atoms with Crippen LogP contribution in [0.4, 0.5) is 5.69 Å². The Balaban J connectivity index is 1.97. The van der Waals surface area contributed by atoms with Gasteiger partial charge in [0, 0.05) is 5.92 Å². The van der Waals surface area contributed by atoms with Crippen LogP contribution in [0.15, 0.2) is 18.2 Å². The summed E-state index contributed by atoms with van der Waals surface area (Å²) in [7, 11) is 0. The zero-order chi connectivity index (χ0) is 12.9. The third-order valence-electron chi connectivity index (χ3n) is 3.30. The lowest BCUT2D eigenvalue weighted by Crippen LogP contribution is -2.35. The van der Waals surface area contributed by atoms with Gasteiger partial charge in [-0.1, -0.05) is 17.7 Å². The van der Waals surface area contributed by atoms with Crippen LogP contribution in [0.2, 0.25) is 5.02 Å². The van der Waals surface area contributed by atoms with Gasteiger partial charge < -0.3 is 0 Å². The zero-order valence-electron chi connectivity index (χ0n) is 9.48. The second kappa shape index (κ2) is 3.92. The predicted octanol–water partition coefficient (Wildman–Crippen LogP) is 1.85. The van der Waals surface area contributed by atoms with Crippen LogP contribution < -0.4 is 4.90 Å². The highest BCUT2D eigenvalue weighted by Crippen LogP contribution is 2.36. The first kappa shape index (κ1) is 11.4. The molecule has 0 spiro atoms. The summed E-state index contributed by atoms with van der Waals surface area (Å²) >= 11 is 5.92. The Labute approximate surface area is 109 Å². The van der Waals surface area contributed by atoms with Crippen LogP contribution in [0.3, 0.4) is 0 Å². The number of Topliss-reactive ketones (excluding diaryl/α,β-unsaturated/α-hetero) is 2. The molecule has 1 aliphatic carbocycles. The smallest absolute Gasteiger partial charge is 0.297 e. The molecular weight excluding hydrogens is 254 g/mol. The normalized spacial score (nSPS) is 18.2. The maximum Gasteiger partial charge on any atom is 0.299 e. The minimum atomic E-state index is -0.660. The van der Waals surface area contributed by atoms with Gasteiger partial charge in [0.25, 0.3) is 11.7 Å². The van der Waals surface area contributed by atoms with Crippen LogP contribution in [-0.2, 0) is 9.59 Å². The number of anilines is 1. The minimum Gasteiger partial charge on any atom is -0.297 e. The fraction of sp³-hybridized carbons (Fsp3) is 0.308. The Morgan fingerprint density at radius 3 is 2.72 bits per heavy atom. The fourth-order valence-corrected chi connectivity index (χ4v) is 2.40. The van der Waals surface area contributed by atoms with Crippen molar-refractivity contribution < 1.29 is 14.4 Å². The van der Waals surface area contributed by atoms with E-state index in [9.17, 15) is 14.4 Å². The summed E-state index contributed by atoms with van der Waals surface area (Å²) in [6.45, 7) is -0.0252. The van der Waals surface area contributed by atoms with Crippen molar-refractivity contribution in [2.75, 3.05) is 11.4 Å². The van der Waals surface area contributed by atoms with Crippen molar-refractivity contribution >= 4 is 34.8 Å². The van der Waals surface area contributed by atoms with E-state index in [1.165, 1.54) is 4.90 Å². The highest BCUT2D eigenvalue weighted by Gasteiger charge is 2.40. The number of benzene rings is 1. The molecule has 0 saturated heterocycles. The molecule has 0 aromatic heterocycles. The average Bonchev–Trinajstić information content (AvgIpc) is 3.15. The summed E-state index contributed by atoms with van der Waals surface area (Å²) in [5, 5.41) is 0.257. The molecule has 0 radical (unpaired) electrons. The molecule has 4 nitrogen and oxygen atoms in total. The number of nitrogens with zero attached hydrogens (tertiary/aromatic N) is 1. The molecule has 1 aromatic carbocycles. The molecule has 3 rings (SSSR count). The lowest BCUT2D eigenvalue weighted by atomic mass is 10.1. The quantitative estimate of drug-likeness (QED) is 0.782. The van der Waals surface area contributed by atoms with Crippen LogP contribution in [0.5, 0.6) is 0 Å². The summed E-state index contributed by atoms with van der Waals surface area (Å²) < 4.78 is 0. The summed E-state index contributed by atoms with van der Waals surface area (Å²) in [6, 6.07) is 4.88. The van der Waals surface area contributed by atoms with E-state index in [0.29, 0.717) is 5.69 Å². The van der Waals surface area contributed by atoms with Crippen molar-refractivity contribution in [3.05, 3.63) is 28.8 Å². The van der Waals surface area contributed by atoms with E-state index < -0.39 is 11.7 Å². The van der Waals surface area contributed by atoms with Crippen LogP contribution in [0.25, 0.3) is 0 Å². The molecule has 1 aliphatic heterocycles. The number of fused-ring (bicyclic) bond motifs is 1. The van der Waals surface area contributed by atoms with Gasteiger partial charge in [-0.3, -0.25) is 19.3 Å². The monoisotopic (exact) mass is 263 g/mol. The molecular formula is C13H10ClNO3. The van der Waals surface area contributed by atoms with E-state index in [1.54, 1.807) is 18.2 Å². The second-order valence-electron chi connectivity index (χ2n) is 4.59. The summed E-state index contributed by atoms with van der Waals surface area (Å²) in [5.74, 6) is -1.20. The highest BCUT2D eigenvalue weighted by atomic mass is 35.5. The van der Waals surface area contributed by atoms with Crippen LogP contribution in [0.1, 0.15) is 23.2 Å². The first-order valence-electron chi connectivity index (χ1n) is 5.77. The van der Waals surface area contributed by atoms with Gasteiger partial charge in [-0.15, -0.1) is 0 Å². The van der Waals surface area contributed by atoms with Gasteiger partial charge in [0.1, 0.15) is 0 Å². The maximum atomic E-state index is 11.9. The van der Waals surface area contributed by atoms with Gasteiger partial charge in [0.2, 0.25) is 0 Å². The standard InChI is InChI=1S/C13H10ClNO3/c14-8-2-1-3-9-11(8)12(17)13(18)15(9)6-10(16)7-4-5-7/h1-3,7H,4-6H2.